The maximum absolute atomic E-state index is 13.6. The lowest BCUT2D eigenvalue weighted by Crippen LogP contribution is -2.62. The van der Waals surface area contributed by atoms with Gasteiger partial charge in [-0.25, -0.2) is 9.78 Å². The smallest absolute Gasteiger partial charge is 0.410 e. The standard InChI is InChI=1S/C34H53N5O6/c1-25(20-26-10-6-5-7-11-26)29(41)38-15-14-34(44,33(23-38)12-8-9-13-33)24-39-22-27(35-21-28(39)40)30(42)36-16-18-37(19-17-36)31(43)45-32(2,3)4/h21-22,25-26,44H,5-20,23-24H2,1-4H3/t25-,34?/m1/s1. The molecule has 0 radical (unpaired) electrons. The molecule has 2 saturated carbocycles. The Labute approximate surface area is 267 Å². The van der Waals surface area contributed by atoms with Gasteiger partial charge in [0.1, 0.15) is 11.3 Å². The summed E-state index contributed by atoms with van der Waals surface area (Å²) in [7, 11) is 0. The molecule has 3 heterocycles. The summed E-state index contributed by atoms with van der Waals surface area (Å²) < 4.78 is 6.89. The van der Waals surface area contributed by atoms with Gasteiger partial charge in [-0.05, 0) is 52.4 Å². The molecule has 1 unspecified atom stereocenters. The number of piperidine rings is 1. The summed E-state index contributed by atoms with van der Waals surface area (Å²) in [6.45, 7) is 9.88. The van der Waals surface area contributed by atoms with Crippen LogP contribution in [0.15, 0.2) is 17.2 Å². The molecule has 5 rings (SSSR count). The Morgan fingerprint density at radius 1 is 0.956 bits per heavy atom. The number of piperazine rings is 1. The van der Waals surface area contributed by atoms with Crippen molar-refractivity contribution in [2.45, 2.75) is 116 Å². The summed E-state index contributed by atoms with van der Waals surface area (Å²) in [6, 6.07) is 0. The Morgan fingerprint density at radius 2 is 1.60 bits per heavy atom. The van der Waals surface area contributed by atoms with Gasteiger partial charge in [-0.15, -0.1) is 0 Å². The third kappa shape index (κ3) is 7.55. The lowest BCUT2D eigenvalue weighted by Gasteiger charge is -2.52. The number of amides is 3. The van der Waals surface area contributed by atoms with Crippen LogP contribution in [0.2, 0.25) is 0 Å². The fourth-order valence-corrected chi connectivity index (χ4v) is 8.16. The zero-order valence-electron chi connectivity index (χ0n) is 27.8. The van der Waals surface area contributed by atoms with Crippen LogP contribution >= 0.6 is 0 Å². The molecule has 4 fully saturated rings. The molecule has 2 saturated heterocycles. The van der Waals surface area contributed by atoms with Crippen molar-refractivity contribution in [1.82, 2.24) is 24.3 Å². The summed E-state index contributed by atoms with van der Waals surface area (Å²) >= 11 is 0. The van der Waals surface area contributed by atoms with E-state index in [4.69, 9.17) is 4.74 Å². The van der Waals surface area contributed by atoms with Crippen LogP contribution in [0.5, 0.6) is 0 Å². The first-order valence-electron chi connectivity index (χ1n) is 17.1. The summed E-state index contributed by atoms with van der Waals surface area (Å²) in [4.78, 5) is 61.9. The highest BCUT2D eigenvalue weighted by Gasteiger charge is 2.56. The minimum Gasteiger partial charge on any atom is -0.444 e. The maximum Gasteiger partial charge on any atom is 0.410 e. The van der Waals surface area contributed by atoms with E-state index in [1.54, 1.807) is 9.80 Å². The second-order valence-corrected chi connectivity index (χ2v) is 15.2. The number of carbonyl (C=O) groups is 3. The Morgan fingerprint density at radius 3 is 2.24 bits per heavy atom. The molecule has 2 aliphatic carbocycles. The van der Waals surface area contributed by atoms with E-state index >= 15 is 0 Å². The minimum atomic E-state index is -1.18. The van der Waals surface area contributed by atoms with Crippen molar-refractivity contribution in [2.24, 2.45) is 17.3 Å². The number of carbonyl (C=O) groups excluding carboxylic acids is 3. The van der Waals surface area contributed by atoms with Crippen molar-refractivity contribution in [3.8, 4) is 0 Å². The number of aliphatic hydroxyl groups is 1. The van der Waals surface area contributed by atoms with Crippen molar-refractivity contribution in [1.29, 1.82) is 0 Å². The zero-order valence-corrected chi connectivity index (χ0v) is 27.8. The molecule has 0 aromatic carbocycles. The quantitative estimate of drug-likeness (QED) is 0.504. The average Bonchev–Trinajstić information content (AvgIpc) is 3.49. The van der Waals surface area contributed by atoms with Gasteiger partial charge in [0, 0.05) is 56.8 Å². The molecular weight excluding hydrogens is 574 g/mol. The summed E-state index contributed by atoms with van der Waals surface area (Å²) in [5.41, 5.74) is -2.51. The van der Waals surface area contributed by atoms with E-state index in [1.807, 2.05) is 25.7 Å². The first-order chi connectivity index (χ1) is 21.3. The first kappa shape index (κ1) is 33.4. The Kier molecular flexibility index (Phi) is 9.96. The lowest BCUT2D eigenvalue weighted by atomic mass is 9.65. The Bertz CT molecular complexity index is 1290. The number of hydrogen-bond acceptors (Lipinski definition) is 7. The molecule has 11 nitrogen and oxygen atoms in total. The van der Waals surface area contributed by atoms with Crippen LogP contribution in [-0.4, -0.2) is 97.7 Å². The predicted molar refractivity (Wildman–Crippen MR) is 170 cm³/mol. The number of hydrogen-bond donors (Lipinski definition) is 1. The van der Waals surface area contributed by atoms with Crippen molar-refractivity contribution in [2.75, 3.05) is 39.3 Å². The highest BCUT2D eigenvalue weighted by molar-refractivity contribution is 5.92. The van der Waals surface area contributed by atoms with Crippen molar-refractivity contribution >= 4 is 17.9 Å². The van der Waals surface area contributed by atoms with Gasteiger partial charge in [0.15, 0.2) is 0 Å². The Hall–Kier alpha value is -2.95. The molecule has 11 heteroatoms. The molecule has 1 spiro atoms. The van der Waals surface area contributed by atoms with E-state index in [0.717, 1.165) is 38.3 Å². The highest BCUT2D eigenvalue weighted by Crippen LogP contribution is 2.52. The maximum atomic E-state index is 13.6. The van der Waals surface area contributed by atoms with E-state index in [1.165, 1.54) is 42.9 Å². The summed E-state index contributed by atoms with van der Waals surface area (Å²) in [5, 5.41) is 12.3. The van der Waals surface area contributed by atoms with E-state index in [2.05, 4.69) is 11.9 Å². The van der Waals surface area contributed by atoms with Crippen LogP contribution in [0.4, 0.5) is 4.79 Å². The summed E-state index contributed by atoms with van der Waals surface area (Å²) in [5.74, 6) is 0.474. The number of likely N-dealkylation sites (tertiary alicyclic amines) is 1. The van der Waals surface area contributed by atoms with Gasteiger partial charge in [0.25, 0.3) is 11.5 Å². The lowest BCUT2D eigenvalue weighted by molar-refractivity contribution is -0.163. The second kappa shape index (κ2) is 13.4. The van der Waals surface area contributed by atoms with E-state index in [0.29, 0.717) is 51.6 Å². The fourth-order valence-electron chi connectivity index (χ4n) is 8.16. The van der Waals surface area contributed by atoms with Crippen LogP contribution in [0.25, 0.3) is 0 Å². The van der Waals surface area contributed by atoms with E-state index in [-0.39, 0.29) is 35.5 Å². The number of rotatable bonds is 6. The average molecular weight is 628 g/mol. The van der Waals surface area contributed by atoms with Gasteiger partial charge in [0.2, 0.25) is 5.91 Å². The van der Waals surface area contributed by atoms with Gasteiger partial charge < -0.3 is 29.1 Å². The van der Waals surface area contributed by atoms with Gasteiger partial charge >= 0.3 is 6.09 Å². The van der Waals surface area contributed by atoms with Crippen LogP contribution in [-0.2, 0) is 16.1 Å². The monoisotopic (exact) mass is 627 g/mol. The largest absolute Gasteiger partial charge is 0.444 e. The number of aromatic nitrogens is 2. The molecular formula is C34H53N5O6. The zero-order chi connectivity index (χ0) is 32.4. The molecule has 250 valence electrons. The number of nitrogens with zero attached hydrogens (tertiary/aromatic N) is 5. The van der Waals surface area contributed by atoms with E-state index < -0.39 is 22.7 Å². The fraction of sp³-hybridized carbons (Fsp3) is 0.794. The molecule has 1 aromatic rings. The topological polar surface area (TPSA) is 125 Å². The second-order valence-electron chi connectivity index (χ2n) is 15.2. The van der Waals surface area contributed by atoms with Crippen LogP contribution in [0, 0.1) is 17.3 Å². The molecule has 2 aliphatic heterocycles. The molecule has 0 bridgehead atoms. The highest BCUT2D eigenvalue weighted by atomic mass is 16.6. The van der Waals surface area contributed by atoms with Crippen LogP contribution < -0.4 is 5.56 Å². The molecule has 1 N–H and O–H groups in total. The SMILES string of the molecule is C[C@H](CC1CCCCC1)C(=O)N1CCC(O)(Cn2cc(C(=O)N3CCN(C(=O)OC(C)(C)C)CC3)ncc2=O)C2(CCCC2)C1. The van der Waals surface area contributed by atoms with Gasteiger partial charge in [0.05, 0.1) is 18.3 Å². The van der Waals surface area contributed by atoms with E-state index in [9.17, 15) is 24.3 Å². The van der Waals surface area contributed by atoms with Gasteiger partial charge in [-0.3, -0.25) is 14.4 Å². The minimum absolute atomic E-state index is 0.0277. The van der Waals surface area contributed by atoms with Crippen molar-refractivity contribution < 1.29 is 24.2 Å². The summed E-state index contributed by atoms with van der Waals surface area (Å²) in [6.07, 6.45) is 13.4. The third-order valence-corrected chi connectivity index (χ3v) is 10.7. The Balaban J connectivity index is 1.25. The number of ether oxygens (including phenoxy) is 1. The third-order valence-electron chi connectivity index (χ3n) is 10.7. The first-order valence-corrected chi connectivity index (χ1v) is 17.1. The van der Waals surface area contributed by atoms with Crippen molar-refractivity contribution in [3.05, 3.63) is 28.4 Å². The van der Waals surface area contributed by atoms with Gasteiger partial charge in [-0.1, -0.05) is 51.9 Å². The van der Waals surface area contributed by atoms with Crippen LogP contribution in [0.3, 0.4) is 0 Å². The van der Waals surface area contributed by atoms with Crippen LogP contribution in [0.1, 0.15) is 109 Å². The molecule has 2 atom stereocenters. The molecule has 3 amide bonds. The van der Waals surface area contributed by atoms with Gasteiger partial charge in [-0.2, -0.15) is 0 Å². The molecule has 4 aliphatic rings. The molecule has 1 aromatic heterocycles. The predicted octanol–water partition coefficient (Wildman–Crippen LogP) is 4.07. The van der Waals surface area contributed by atoms with Crippen molar-refractivity contribution in [3.63, 3.8) is 0 Å². The molecule has 45 heavy (non-hydrogen) atoms. The normalized spacial score (nSPS) is 25.0.